The van der Waals surface area contributed by atoms with E-state index in [1.54, 1.807) is 30.1 Å². The van der Waals surface area contributed by atoms with Crippen LogP contribution in [0.1, 0.15) is 22.2 Å². The number of urea groups is 1. The van der Waals surface area contributed by atoms with Crippen molar-refractivity contribution in [2.45, 2.75) is 29.5 Å². The van der Waals surface area contributed by atoms with Gasteiger partial charge in [0.15, 0.2) is 22.5 Å². The van der Waals surface area contributed by atoms with Crippen LogP contribution in [0.3, 0.4) is 0 Å². The summed E-state index contributed by atoms with van der Waals surface area (Å²) in [6, 6.07) is 20.5. The average molecular weight is 577 g/mol. The summed E-state index contributed by atoms with van der Waals surface area (Å²) in [6.45, 7) is 5.78. The minimum absolute atomic E-state index is 0.162. The van der Waals surface area contributed by atoms with Crippen molar-refractivity contribution in [1.29, 1.82) is 0 Å². The first-order chi connectivity index (χ1) is 19.5. The molecule has 3 amide bonds. The number of carbonyl (C=O) groups is 2. The Kier molecular flexibility index (Phi) is 7.72. The van der Waals surface area contributed by atoms with Gasteiger partial charge in [-0.25, -0.2) is 9.79 Å². The summed E-state index contributed by atoms with van der Waals surface area (Å²) < 4.78 is 0.911. The van der Waals surface area contributed by atoms with Gasteiger partial charge in [0, 0.05) is 45.5 Å². The highest BCUT2D eigenvalue weighted by molar-refractivity contribution is 8.01. The van der Waals surface area contributed by atoms with Crippen LogP contribution in [-0.4, -0.2) is 105 Å². The van der Waals surface area contributed by atoms with Gasteiger partial charge in [-0.2, -0.15) is 0 Å². The van der Waals surface area contributed by atoms with E-state index in [0.717, 1.165) is 47.2 Å². The van der Waals surface area contributed by atoms with Gasteiger partial charge in [0.05, 0.1) is 6.04 Å². The third kappa shape index (κ3) is 5.30. The van der Waals surface area contributed by atoms with E-state index in [1.165, 1.54) is 16.0 Å². The van der Waals surface area contributed by atoms with Gasteiger partial charge in [-0.05, 0) is 18.1 Å². The Bertz CT molecular complexity index is 1340. The Morgan fingerprint density at radius 1 is 0.975 bits per heavy atom. The molecule has 0 radical (unpaired) electrons. The number of imide groups is 1. The van der Waals surface area contributed by atoms with E-state index < -0.39 is 18.2 Å². The van der Waals surface area contributed by atoms with E-state index >= 15 is 0 Å². The predicted molar refractivity (Wildman–Crippen MR) is 156 cm³/mol. The maximum absolute atomic E-state index is 13.0. The molecule has 0 aliphatic carbocycles. The molecule has 0 bridgehead atoms. The van der Waals surface area contributed by atoms with Crippen molar-refractivity contribution in [3.63, 3.8) is 0 Å². The first-order valence-electron chi connectivity index (χ1n) is 13.4. The molecule has 3 aliphatic rings. The lowest BCUT2D eigenvalue weighted by Gasteiger charge is -2.42. The monoisotopic (exact) mass is 576 g/mol. The van der Waals surface area contributed by atoms with Crippen LogP contribution in [0.5, 0.6) is 0 Å². The second-order valence-corrected chi connectivity index (χ2v) is 12.6. The van der Waals surface area contributed by atoms with Crippen LogP contribution in [0.25, 0.3) is 0 Å². The van der Waals surface area contributed by atoms with Gasteiger partial charge in [-0.3, -0.25) is 15.0 Å². The molecule has 2 atom stereocenters. The second-order valence-electron chi connectivity index (χ2n) is 10.1. The van der Waals surface area contributed by atoms with Gasteiger partial charge < -0.3 is 14.7 Å². The third-order valence-corrected chi connectivity index (χ3v) is 9.55. The fraction of sp³-hybridized carbons (Fsp3) is 0.393. The quantitative estimate of drug-likeness (QED) is 0.429. The molecule has 2 aromatic carbocycles. The first kappa shape index (κ1) is 26.7. The number of fused-ring (bicyclic) bond motifs is 1. The van der Waals surface area contributed by atoms with Gasteiger partial charge in [-0.1, -0.05) is 83.8 Å². The van der Waals surface area contributed by atoms with Gasteiger partial charge in [0.1, 0.15) is 5.01 Å². The highest BCUT2D eigenvalue weighted by Gasteiger charge is 2.49. The number of aliphatic imine (C=N–C) groups is 1. The number of aromatic nitrogens is 2. The van der Waals surface area contributed by atoms with Crippen molar-refractivity contribution >= 4 is 41.0 Å². The number of thioether (sulfide) groups is 1. The highest BCUT2D eigenvalue weighted by atomic mass is 32.2. The number of piperazine rings is 1. The fourth-order valence-corrected chi connectivity index (χ4v) is 7.47. The minimum atomic E-state index is -0.547. The maximum atomic E-state index is 13.0. The molecule has 4 heterocycles. The normalized spacial score (nSPS) is 21.6. The number of likely N-dealkylation sites (N-methyl/N-ethyl adjacent to an activating group) is 1. The topological polar surface area (TPSA) is 97.3 Å². The zero-order valence-corrected chi connectivity index (χ0v) is 24.1. The molecular weight excluding hydrogens is 544 g/mol. The molecule has 1 N–H and O–H groups in total. The molecule has 3 aromatic rings. The SMILES string of the molecule is Cc1nnc(SCCN2C(N3CCN(C(c4ccccc4)c4ccccc4)CC3)=NC3C2C(=O)NC(=O)N3C)s1. The molecule has 40 heavy (non-hydrogen) atoms. The van der Waals surface area contributed by atoms with E-state index in [4.69, 9.17) is 4.99 Å². The number of carbonyl (C=O) groups excluding carboxylic acids is 2. The number of guanidine groups is 1. The molecule has 2 unspecified atom stereocenters. The zero-order chi connectivity index (χ0) is 27.6. The largest absolute Gasteiger partial charge is 0.340 e. The number of hydrogen-bond acceptors (Lipinski definition) is 10. The summed E-state index contributed by atoms with van der Waals surface area (Å²) in [6.07, 6.45) is -0.538. The van der Waals surface area contributed by atoms with E-state index in [-0.39, 0.29) is 11.9 Å². The molecular formula is C28H32N8O2S2. The molecule has 10 nitrogen and oxygen atoms in total. The van der Waals surface area contributed by atoms with Gasteiger partial charge >= 0.3 is 6.03 Å². The summed E-state index contributed by atoms with van der Waals surface area (Å²) in [5.74, 6) is 1.22. The van der Waals surface area contributed by atoms with Crippen molar-refractivity contribution < 1.29 is 9.59 Å². The number of nitrogens with zero attached hydrogens (tertiary/aromatic N) is 7. The number of benzene rings is 2. The lowest BCUT2D eigenvalue weighted by Crippen LogP contribution is -2.64. The Hall–Kier alpha value is -3.48. The van der Waals surface area contributed by atoms with Gasteiger partial charge in [0.25, 0.3) is 5.91 Å². The van der Waals surface area contributed by atoms with Crippen LogP contribution in [0, 0.1) is 6.92 Å². The maximum Gasteiger partial charge on any atom is 0.325 e. The Morgan fingerprint density at radius 3 is 2.23 bits per heavy atom. The number of amides is 3. The van der Waals surface area contributed by atoms with Gasteiger partial charge in [0.2, 0.25) is 0 Å². The van der Waals surface area contributed by atoms with Crippen LogP contribution in [0.2, 0.25) is 0 Å². The summed E-state index contributed by atoms with van der Waals surface area (Å²) in [5.41, 5.74) is 2.54. The van der Waals surface area contributed by atoms with Crippen molar-refractivity contribution in [1.82, 2.24) is 35.1 Å². The van der Waals surface area contributed by atoms with E-state index in [9.17, 15) is 9.59 Å². The van der Waals surface area contributed by atoms with Crippen molar-refractivity contribution in [2.24, 2.45) is 4.99 Å². The molecule has 0 saturated carbocycles. The fourth-order valence-electron chi connectivity index (χ4n) is 5.65. The Labute approximate surface area is 242 Å². The van der Waals surface area contributed by atoms with Crippen molar-refractivity contribution in [3.05, 3.63) is 76.8 Å². The van der Waals surface area contributed by atoms with E-state index in [2.05, 4.69) is 90.9 Å². The smallest absolute Gasteiger partial charge is 0.325 e. The lowest BCUT2D eigenvalue weighted by atomic mass is 9.96. The second kappa shape index (κ2) is 11.6. The highest BCUT2D eigenvalue weighted by Crippen LogP contribution is 2.32. The number of aryl methyl sites for hydroxylation is 1. The van der Waals surface area contributed by atoms with Crippen molar-refractivity contribution in [2.75, 3.05) is 45.5 Å². The van der Waals surface area contributed by atoms with Crippen molar-refractivity contribution in [3.8, 4) is 0 Å². The molecule has 1 aromatic heterocycles. The summed E-state index contributed by atoms with van der Waals surface area (Å²) >= 11 is 3.19. The zero-order valence-electron chi connectivity index (χ0n) is 22.5. The number of rotatable bonds is 7. The third-order valence-electron chi connectivity index (χ3n) is 7.60. The number of nitrogens with one attached hydrogen (secondary N) is 1. The molecule has 6 rings (SSSR count). The molecule has 0 spiro atoms. The lowest BCUT2D eigenvalue weighted by molar-refractivity contribution is -0.127. The van der Waals surface area contributed by atoms with Crippen LogP contribution in [0.15, 0.2) is 70.0 Å². The van der Waals surface area contributed by atoms with Crippen LogP contribution in [-0.2, 0) is 4.79 Å². The summed E-state index contributed by atoms with van der Waals surface area (Å²) in [5, 5.41) is 11.8. The Balaban J connectivity index is 1.20. The first-order valence-corrected chi connectivity index (χ1v) is 15.2. The molecule has 12 heteroatoms. The molecule has 208 valence electrons. The number of hydrogen-bond donors (Lipinski definition) is 1. The van der Waals surface area contributed by atoms with E-state index in [1.807, 2.05) is 6.92 Å². The Morgan fingerprint density at radius 2 is 1.62 bits per heavy atom. The van der Waals surface area contributed by atoms with Crippen LogP contribution < -0.4 is 5.32 Å². The van der Waals surface area contributed by atoms with Crippen LogP contribution in [0.4, 0.5) is 4.79 Å². The molecule has 3 aliphatic heterocycles. The summed E-state index contributed by atoms with van der Waals surface area (Å²) in [7, 11) is 1.70. The summed E-state index contributed by atoms with van der Waals surface area (Å²) in [4.78, 5) is 38.8. The minimum Gasteiger partial charge on any atom is -0.340 e. The predicted octanol–water partition coefficient (Wildman–Crippen LogP) is 2.89. The standard InChI is InChI=1S/C28H32N8O2S2/c1-19-31-32-28(40-19)39-18-17-36-23-24(33(2)27(38)30-25(23)37)29-26(36)35-15-13-34(14-16-35)22(20-9-5-3-6-10-20)21-11-7-4-8-12-21/h3-12,22-24H,13-18H2,1-2H3,(H,30,37,38). The molecule has 2 fully saturated rings. The van der Waals surface area contributed by atoms with E-state index in [0.29, 0.717) is 6.54 Å². The van der Waals surface area contributed by atoms with Crippen LogP contribution >= 0.6 is 23.1 Å². The average Bonchev–Trinajstić information content (AvgIpc) is 3.57. The molecule has 2 saturated heterocycles. The van der Waals surface area contributed by atoms with Gasteiger partial charge in [-0.15, -0.1) is 10.2 Å².